The van der Waals surface area contributed by atoms with Gasteiger partial charge in [-0.25, -0.2) is 4.98 Å². The number of Topliss-reactive ketones (excluding diaryl/α,β-unsaturated/α-hetero) is 1. The summed E-state index contributed by atoms with van der Waals surface area (Å²) in [5, 5.41) is 0.392. The minimum Gasteiger partial charge on any atom is -0.395 e. The number of hydrogen-bond donors (Lipinski definition) is 0. The molecule has 0 saturated heterocycles. The van der Waals surface area contributed by atoms with Crippen molar-refractivity contribution in [3.8, 4) is 11.5 Å². The maximum absolute atomic E-state index is 13.2. The van der Waals surface area contributed by atoms with Crippen LogP contribution < -0.4 is 9.47 Å². The van der Waals surface area contributed by atoms with Crippen LogP contribution in [0.15, 0.2) is 24.3 Å². The van der Waals surface area contributed by atoms with Crippen LogP contribution in [0, 0.1) is 13.8 Å². The van der Waals surface area contributed by atoms with Gasteiger partial charge in [0.25, 0.3) is 0 Å². The van der Waals surface area contributed by atoms with Gasteiger partial charge in [-0.15, -0.1) is 8.78 Å². The third-order valence-corrected chi connectivity index (χ3v) is 5.47. The van der Waals surface area contributed by atoms with Crippen molar-refractivity contribution in [1.82, 2.24) is 4.98 Å². The molecule has 2 aromatic rings. The van der Waals surface area contributed by atoms with E-state index in [0.717, 1.165) is 11.1 Å². The van der Waals surface area contributed by atoms with Crippen LogP contribution in [0.4, 0.5) is 8.78 Å². The number of fused-ring (bicyclic) bond motifs is 1. The summed E-state index contributed by atoms with van der Waals surface area (Å²) in [4.78, 5) is 17.2. The number of hydrogen-bond acceptors (Lipinski definition) is 4. The molecule has 0 bridgehead atoms. The van der Waals surface area contributed by atoms with Gasteiger partial charge in [0.1, 0.15) is 10.9 Å². The molecular formula is C19H16ClF2NO3. The average Bonchev–Trinajstić information content (AvgIpc) is 3.30. The maximum atomic E-state index is 13.2. The van der Waals surface area contributed by atoms with Crippen LogP contribution in [0.5, 0.6) is 11.5 Å². The topological polar surface area (TPSA) is 48.4 Å². The largest absolute Gasteiger partial charge is 0.586 e. The van der Waals surface area contributed by atoms with Crippen molar-refractivity contribution in [1.29, 1.82) is 0 Å². The summed E-state index contributed by atoms with van der Waals surface area (Å²) < 4.78 is 35.3. The van der Waals surface area contributed by atoms with Crippen molar-refractivity contribution >= 4 is 17.4 Å². The van der Waals surface area contributed by atoms with Crippen LogP contribution in [-0.2, 0) is 16.6 Å². The molecule has 0 spiro atoms. The normalized spacial score (nSPS) is 18.7. The first kappa shape index (κ1) is 17.2. The zero-order valence-electron chi connectivity index (χ0n) is 14.2. The number of aromatic nitrogens is 1. The lowest BCUT2D eigenvalue weighted by atomic mass is 9.88. The third kappa shape index (κ3) is 2.82. The molecule has 2 heterocycles. The fraction of sp³-hybridized carbons (Fsp3) is 0.368. The molecule has 1 aliphatic heterocycles. The fourth-order valence-corrected chi connectivity index (χ4v) is 3.55. The Hall–Kier alpha value is -2.21. The summed E-state index contributed by atoms with van der Waals surface area (Å²) in [6, 6.07) is 6.40. The highest BCUT2D eigenvalue weighted by Gasteiger charge is 2.52. The Morgan fingerprint density at radius 3 is 2.54 bits per heavy atom. The van der Waals surface area contributed by atoms with E-state index in [-0.39, 0.29) is 23.7 Å². The number of alkyl halides is 2. The second-order valence-corrected chi connectivity index (χ2v) is 7.22. The van der Waals surface area contributed by atoms with E-state index in [4.69, 9.17) is 11.6 Å². The molecule has 1 fully saturated rings. The van der Waals surface area contributed by atoms with Crippen molar-refractivity contribution in [2.75, 3.05) is 0 Å². The molecule has 1 aromatic heterocycles. The second kappa shape index (κ2) is 5.64. The van der Waals surface area contributed by atoms with Gasteiger partial charge in [-0.1, -0.05) is 17.7 Å². The zero-order chi connectivity index (χ0) is 18.7. The zero-order valence-corrected chi connectivity index (χ0v) is 15.0. The van der Waals surface area contributed by atoms with Gasteiger partial charge in [0.05, 0.1) is 5.41 Å². The number of ketones is 1. The Morgan fingerprint density at radius 2 is 1.88 bits per heavy atom. The van der Waals surface area contributed by atoms with Gasteiger partial charge < -0.3 is 9.47 Å². The van der Waals surface area contributed by atoms with Crippen molar-refractivity contribution in [2.24, 2.45) is 0 Å². The van der Waals surface area contributed by atoms with E-state index in [2.05, 4.69) is 14.5 Å². The van der Waals surface area contributed by atoms with Gasteiger partial charge in [0.2, 0.25) is 0 Å². The lowest BCUT2D eigenvalue weighted by molar-refractivity contribution is -0.286. The number of halogens is 3. The number of aryl methyl sites for hydroxylation is 1. The van der Waals surface area contributed by atoms with Crippen LogP contribution in [0.1, 0.15) is 35.2 Å². The SMILES string of the molecule is Cc1cc(CC(=O)C2(c3ccc4c(c3)OC(F)(F)O4)CC2)nc(Cl)c1C. The lowest BCUT2D eigenvalue weighted by Gasteiger charge is -2.15. The van der Waals surface area contributed by atoms with Gasteiger partial charge >= 0.3 is 6.29 Å². The van der Waals surface area contributed by atoms with E-state index in [0.29, 0.717) is 29.3 Å². The summed E-state index contributed by atoms with van der Waals surface area (Å²) >= 11 is 6.12. The first-order chi connectivity index (χ1) is 12.2. The first-order valence-electron chi connectivity index (χ1n) is 8.26. The molecule has 0 N–H and O–H groups in total. The standard InChI is InChI=1S/C19H16ClF2NO3/c1-10-7-13(23-17(20)11(10)2)9-16(24)18(5-6-18)12-3-4-14-15(8-12)26-19(21,22)25-14/h3-4,7-8H,5-6,9H2,1-2H3. The van der Waals surface area contributed by atoms with Crippen LogP contribution >= 0.6 is 11.6 Å². The Labute approximate surface area is 154 Å². The Bertz CT molecular complexity index is 902. The molecular weight excluding hydrogens is 364 g/mol. The minimum atomic E-state index is -3.66. The molecule has 0 amide bonds. The van der Waals surface area contributed by atoms with Crippen molar-refractivity contribution < 1.29 is 23.0 Å². The van der Waals surface area contributed by atoms with Gasteiger partial charge in [-0.2, -0.15) is 0 Å². The van der Waals surface area contributed by atoms with Gasteiger partial charge in [-0.05, 0) is 61.6 Å². The highest BCUT2D eigenvalue weighted by molar-refractivity contribution is 6.30. The molecule has 1 aromatic carbocycles. The molecule has 136 valence electrons. The van der Waals surface area contributed by atoms with Gasteiger partial charge in [0, 0.05) is 12.1 Å². The fourth-order valence-electron chi connectivity index (χ4n) is 3.29. The Morgan fingerprint density at radius 1 is 1.19 bits per heavy atom. The summed E-state index contributed by atoms with van der Waals surface area (Å²) in [5.74, 6) is -0.0709. The number of rotatable bonds is 4. The summed E-state index contributed by atoms with van der Waals surface area (Å²) in [7, 11) is 0. The molecule has 0 radical (unpaired) electrons. The minimum absolute atomic E-state index is 0.00468. The quantitative estimate of drug-likeness (QED) is 0.733. The molecule has 7 heteroatoms. The molecule has 26 heavy (non-hydrogen) atoms. The van der Waals surface area contributed by atoms with E-state index >= 15 is 0 Å². The van der Waals surface area contributed by atoms with Crippen LogP contribution in [0.2, 0.25) is 5.15 Å². The summed E-state index contributed by atoms with van der Waals surface area (Å²) in [6.45, 7) is 3.79. The number of ether oxygens (including phenoxy) is 2. The second-order valence-electron chi connectivity index (χ2n) is 6.86. The van der Waals surface area contributed by atoms with E-state index in [1.807, 2.05) is 19.9 Å². The van der Waals surface area contributed by atoms with Crippen LogP contribution in [-0.4, -0.2) is 17.1 Å². The summed E-state index contributed by atoms with van der Waals surface area (Å²) in [5.41, 5.74) is 2.46. The average molecular weight is 380 g/mol. The number of carbonyl (C=O) groups is 1. The molecule has 0 atom stereocenters. The number of benzene rings is 1. The maximum Gasteiger partial charge on any atom is 0.586 e. The predicted molar refractivity (Wildman–Crippen MR) is 91.0 cm³/mol. The summed E-state index contributed by atoms with van der Waals surface area (Å²) in [6.07, 6.45) is -2.19. The number of pyridine rings is 1. The Balaban J connectivity index is 1.59. The molecule has 1 saturated carbocycles. The van der Waals surface area contributed by atoms with Crippen molar-refractivity contribution in [3.05, 3.63) is 51.8 Å². The molecule has 4 rings (SSSR count). The molecule has 1 aliphatic carbocycles. The van der Waals surface area contributed by atoms with E-state index in [9.17, 15) is 13.6 Å². The molecule has 0 unspecified atom stereocenters. The number of nitrogens with zero attached hydrogens (tertiary/aromatic N) is 1. The van der Waals surface area contributed by atoms with Gasteiger partial charge in [0.15, 0.2) is 11.5 Å². The van der Waals surface area contributed by atoms with Crippen molar-refractivity contribution in [2.45, 2.75) is 44.8 Å². The van der Waals surface area contributed by atoms with Crippen LogP contribution in [0.25, 0.3) is 0 Å². The van der Waals surface area contributed by atoms with E-state index in [1.165, 1.54) is 12.1 Å². The van der Waals surface area contributed by atoms with Gasteiger partial charge in [-0.3, -0.25) is 4.79 Å². The third-order valence-electron chi connectivity index (χ3n) is 5.11. The lowest BCUT2D eigenvalue weighted by Crippen LogP contribution is -2.26. The molecule has 4 nitrogen and oxygen atoms in total. The first-order valence-corrected chi connectivity index (χ1v) is 8.64. The number of carbonyl (C=O) groups excluding carboxylic acids is 1. The Kier molecular flexibility index (Phi) is 3.74. The van der Waals surface area contributed by atoms with E-state index < -0.39 is 11.7 Å². The van der Waals surface area contributed by atoms with Crippen LogP contribution in [0.3, 0.4) is 0 Å². The predicted octanol–water partition coefficient (Wildman–Crippen LogP) is 4.52. The van der Waals surface area contributed by atoms with E-state index in [1.54, 1.807) is 6.07 Å². The monoisotopic (exact) mass is 379 g/mol. The highest BCUT2D eigenvalue weighted by Crippen LogP contribution is 2.52. The smallest absolute Gasteiger partial charge is 0.395 e. The highest BCUT2D eigenvalue weighted by atomic mass is 35.5. The van der Waals surface area contributed by atoms with Crippen molar-refractivity contribution in [3.63, 3.8) is 0 Å². The molecule has 2 aliphatic rings.